The minimum atomic E-state index is -1.50. The number of halogens is 1. The molecule has 0 amide bonds. The molecule has 0 bridgehead atoms. The van der Waals surface area contributed by atoms with Crippen molar-refractivity contribution in [2.24, 2.45) is 0 Å². The first-order valence-electron chi connectivity index (χ1n) is 6.19. The van der Waals surface area contributed by atoms with Gasteiger partial charge in [-0.05, 0) is 33.6 Å². The van der Waals surface area contributed by atoms with Gasteiger partial charge in [-0.15, -0.1) is 0 Å². The molecule has 1 aliphatic rings. The van der Waals surface area contributed by atoms with Crippen molar-refractivity contribution in [1.82, 2.24) is 9.55 Å². The second-order valence-electron chi connectivity index (χ2n) is 5.12. The van der Waals surface area contributed by atoms with Crippen LogP contribution in [0.4, 0.5) is 4.39 Å². The standard InChI is InChI=1S/C9H11FN2O3.C3H8O2/c1-5-2-3-7(15-5)12-4-6(10)8(13)11-9(12)14;1-3(2,4)5/h4-5,7H,2-3H2,1H3,(H,11,13,14);4-5H,1-2H3/t5?,7-;/m1./s1. The lowest BCUT2D eigenvalue weighted by atomic mass is 10.2. The predicted molar refractivity (Wildman–Crippen MR) is 68.6 cm³/mol. The molecule has 2 rings (SSSR count). The van der Waals surface area contributed by atoms with Gasteiger partial charge in [0.15, 0.2) is 5.79 Å². The lowest BCUT2D eigenvalue weighted by molar-refractivity contribution is -0.127. The minimum Gasteiger partial charge on any atom is -0.366 e. The summed E-state index contributed by atoms with van der Waals surface area (Å²) in [4.78, 5) is 24.0. The summed E-state index contributed by atoms with van der Waals surface area (Å²) in [6.07, 6.45) is 1.93. The Hall–Kier alpha value is -1.51. The van der Waals surface area contributed by atoms with E-state index in [0.29, 0.717) is 6.42 Å². The summed E-state index contributed by atoms with van der Waals surface area (Å²) in [5, 5.41) is 16.2. The molecule has 1 fully saturated rings. The monoisotopic (exact) mass is 290 g/mol. The number of nitrogens with one attached hydrogen (secondary N) is 1. The van der Waals surface area contributed by atoms with Gasteiger partial charge >= 0.3 is 5.69 Å². The van der Waals surface area contributed by atoms with Crippen LogP contribution < -0.4 is 11.2 Å². The Morgan fingerprint density at radius 3 is 2.40 bits per heavy atom. The molecule has 1 unspecified atom stereocenters. The van der Waals surface area contributed by atoms with Crippen LogP contribution in [-0.2, 0) is 4.74 Å². The molecule has 1 aliphatic heterocycles. The maximum Gasteiger partial charge on any atom is 0.330 e. The Morgan fingerprint density at radius 1 is 1.40 bits per heavy atom. The summed E-state index contributed by atoms with van der Waals surface area (Å²) in [6, 6.07) is 0. The number of hydrogen-bond donors (Lipinski definition) is 3. The number of H-pyrrole nitrogens is 1. The molecule has 1 aromatic heterocycles. The van der Waals surface area contributed by atoms with Crippen LogP contribution in [0, 0.1) is 5.82 Å². The van der Waals surface area contributed by atoms with E-state index < -0.39 is 29.1 Å². The van der Waals surface area contributed by atoms with Crippen LogP contribution in [-0.4, -0.2) is 31.7 Å². The molecular weight excluding hydrogens is 271 g/mol. The Morgan fingerprint density at radius 2 is 1.95 bits per heavy atom. The molecule has 8 heteroatoms. The van der Waals surface area contributed by atoms with Crippen molar-refractivity contribution < 1.29 is 19.3 Å². The molecule has 0 radical (unpaired) electrons. The Labute approximate surface area is 114 Å². The summed E-state index contributed by atoms with van der Waals surface area (Å²) in [6.45, 7) is 4.48. The summed E-state index contributed by atoms with van der Waals surface area (Å²) in [7, 11) is 0. The van der Waals surface area contributed by atoms with Crippen molar-refractivity contribution in [2.75, 3.05) is 0 Å². The number of ether oxygens (including phenoxy) is 1. The van der Waals surface area contributed by atoms with Crippen molar-refractivity contribution in [2.45, 2.75) is 51.7 Å². The fraction of sp³-hybridized carbons (Fsp3) is 0.667. The molecule has 0 aliphatic carbocycles. The quantitative estimate of drug-likeness (QED) is 0.635. The third-order valence-corrected chi connectivity index (χ3v) is 2.44. The second kappa shape index (κ2) is 6.29. The molecule has 1 saturated heterocycles. The topological polar surface area (TPSA) is 105 Å². The lowest BCUT2D eigenvalue weighted by Crippen LogP contribution is -2.33. The molecule has 0 saturated carbocycles. The Bertz CT molecular complexity index is 554. The van der Waals surface area contributed by atoms with E-state index in [1.165, 1.54) is 13.8 Å². The Balaban J connectivity index is 0.000000347. The Kier molecular flexibility index (Phi) is 5.21. The van der Waals surface area contributed by atoms with E-state index in [4.69, 9.17) is 14.9 Å². The zero-order chi connectivity index (χ0) is 15.5. The first kappa shape index (κ1) is 16.5. The van der Waals surface area contributed by atoms with Crippen LogP contribution in [0.3, 0.4) is 0 Å². The molecule has 0 spiro atoms. The normalized spacial score (nSPS) is 22.3. The van der Waals surface area contributed by atoms with Gasteiger partial charge in [-0.3, -0.25) is 14.3 Å². The third-order valence-electron chi connectivity index (χ3n) is 2.44. The van der Waals surface area contributed by atoms with Gasteiger partial charge in [-0.1, -0.05) is 0 Å². The van der Waals surface area contributed by atoms with Crippen LogP contribution in [0.2, 0.25) is 0 Å². The maximum absolute atomic E-state index is 13.0. The van der Waals surface area contributed by atoms with Crippen molar-refractivity contribution in [3.63, 3.8) is 0 Å². The van der Waals surface area contributed by atoms with Crippen LogP contribution in [0.5, 0.6) is 0 Å². The molecule has 7 nitrogen and oxygen atoms in total. The van der Waals surface area contributed by atoms with Gasteiger partial charge < -0.3 is 14.9 Å². The second-order valence-corrected chi connectivity index (χ2v) is 5.12. The van der Waals surface area contributed by atoms with E-state index in [2.05, 4.69) is 0 Å². The maximum atomic E-state index is 13.0. The fourth-order valence-corrected chi connectivity index (χ4v) is 1.66. The van der Waals surface area contributed by atoms with Gasteiger partial charge in [0.1, 0.15) is 6.23 Å². The number of rotatable bonds is 1. The SMILES string of the molecule is CC(C)(O)O.CC1CC[C@H](n2cc(F)c(=O)[nH]c2=O)O1. The molecule has 114 valence electrons. The first-order valence-corrected chi connectivity index (χ1v) is 6.19. The smallest absolute Gasteiger partial charge is 0.330 e. The highest BCUT2D eigenvalue weighted by atomic mass is 19.1. The van der Waals surface area contributed by atoms with E-state index in [-0.39, 0.29) is 6.10 Å². The van der Waals surface area contributed by atoms with E-state index in [0.717, 1.165) is 17.2 Å². The first-order chi connectivity index (χ1) is 9.08. The molecule has 2 heterocycles. The van der Waals surface area contributed by atoms with E-state index in [1.807, 2.05) is 11.9 Å². The summed E-state index contributed by atoms with van der Waals surface area (Å²) in [5.41, 5.74) is -1.64. The largest absolute Gasteiger partial charge is 0.366 e. The highest BCUT2D eigenvalue weighted by Gasteiger charge is 2.24. The highest BCUT2D eigenvalue weighted by molar-refractivity contribution is 4.89. The van der Waals surface area contributed by atoms with Crippen LogP contribution in [0.1, 0.15) is 39.8 Å². The number of nitrogens with zero attached hydrogens (tertiary/aromatic N) is 1. The number of hydrogen-bond acceptors (Lipinski definition) is 5. The van der Waals surface area contributed by atoms with E-state index in [9.17, 15) is 14.0 Å². The molecule has 3 N–H and O–H groups in total. The number of aromatic nitrogens is 2. The summed E-state index contributed by atoms with van der Waals surface area (Å²) < 4.78 is 19.4. The number of aliphatic hydroxyl groups is 2. The van der Waals surface area contributed by atoms with Gasteiger partial charge in [0, 0.05) is 0 Å². The molecule has 20 heavy (non-hydrogen) atoms. The highest BCUT2D eigenvalue weighted by Crippen LogP contribution is 2.26. The van der Waals surface area contributed by atoms with Crippen molar-refractivity contribution in [3.05, 3.63) is 32.9 Å². The number of aromatic amines is 1. The average Bonchev–Trinajstić information content (AvgIpc) is 2.68. The van der Waals surface area contributed by atoms with Gasteiger partial charge in [-0.2, -0.15) is 4.39 Å². The third kappa shape index (κ3) is 5.24. The molecule has 1 aromatic rings. The van der Waals surface area contributed by atoms with Crippen molar-refractivity contribution >= 4 is 0 Å². The van der Waals surface area contributed by atoms with Crippen molar-refractivity contribution in [3.8, 4) is 0 Å². The van der Waals surface area contributed by atoms with Gasteiger partial charge in [0.25, 0.3) is 5.56 Å². The zero-order valence-electron chi connectivity index (χ0n) is 11.6. The fourth-order valence-electron chi connectivity index (χ4n) is 1.66. The molecule has 0 aromatic carbocycles. The minimum absolute atomic E-state index is 0.0527. The zero-order valence-corrected chi connectivity index (χ0v) is 11.6. The van der Waals surface area contributed by atoms with Gasteiger partial charge in [0.2, 0.25) is 5.82 Å². The van der Waals surface area contributed by atoms with Gasteiger partial charge in [-0.25, -0.2) is 4.79 Å². The average molecular weight is 290 g/mol. The molecule has 2 atom stereocenters. The van der Waals surface area contributed by atoms with E-state index >= 15 is 0 Å². The van der Waals surface area contributed by atoms with E-state index in [1.54, 1.807) is 0 Å². The molecular formula is C12H19FN2O5. The van der Waals surface area contributed by atoms with Gasteiger partial charge in [0.05, 0.1) is 12.3 Å². The summed E-state index contributed by atoms with van der Waals surface area (Å²) >= 11 is 0. The van der Waals surface area contributed by atoms with Crippen LogP contribution in [0.25, 0.3) is 0 Å². The van der Waals surface area contributed by atoms with Crippen molar-refractivity contribution in [1.29, 1.82) is 0 Å². The van der Waals surface area contributed by atoms with Crippen LogP contribution in [0.15, 0.2) is 15.8 Å². The predicted octanol–water partition coefficient (Wildman–Crippen LogP) is 0.0803. The van der Waals surface area contributed by atoms with Crippen LogP contribution >= 0.6 is 0 Å². The summed E-state index contributed by atoms with van der Waals surface area (Å²) in [5.74, 6) is -2.47. The lowest BCUT2D eigenvalue weighted by Gasteiger charge is -2.13.